The van der Waals surface area contributed by atoms with Gasteiger partial charge in [0.2, 0.25) is 0 Å². The predicted octanol–water partition coefficient (Wildman–Crippen LogP) is 4.72. The van der Waals surface area contributed by atoms with Gasteiger partial charge in [-0.15, -0.1) is 0 Å². The summed E-state index contributed by atoms with van der Waals surface area (Å²) >= 11 is 0. The summed E-state index contributed by atoms with van der Waals surface area (Å²) in [6.07, 6.45) is 5.49. The molecule has 0 N–H and O–H groups in total. The first-order valence-electron chi connectivity index (χ1n) is 7.75. The highest BCUT2D eigenvalue weighted by molar-refractivity contribution is 5.14. The predicted molar refractivity (Wildman–Crippen MR) is 83.1 cm³/mol. The fraction of sp³-hybridized carbons (Fsp3) is 0.667. The van der Waals surface area contributed by atoms with Gasteiger partial charge in [-0.1, -0.05) is 51.1 Å². The second-order valence-corrected chi connectivity index (χ2v) is 6.94. The highest BCUT2D eigenvalue weighted by atomic mass is 15.1. The Labute approximate surface area is 119 Å². The van der Waals surface area contributed by atoms with Gasteiger partial charge in [0.1, 0.15) is 0 Å². The minimum Gasteiger partial charge on any atom is -0.299 e. The first-order chi connectivity index (χ1) is 9.01. The van der Waals surface area contributed by atoms with Gasteiger partial charge >= 0.3 is 0 Å². The van der Waals surface area contributed by atoms with Gasteiger partial charge in [0.15, 0.2) is 0 Å². The molecular formula is C18H29N. The van der Waals surface area contributed by atoms with Gasteiger partial charge in [-0.25, -0.2) is 0 Å². The van der Waals surface area contributed by atoms with Crippen LogP contribution in [0.2, 0.25) is 0 Å². The van der Waals surface area contributed by atoms with Crippen LogP contribution in [-0.4, -0.2) is 18.0 Å². The second-order valence-electron chi connectivity index (χ2n) is 6.94. The van der Waals surface area contributed by atoms with E-state index in [0.29, 0.717) is 5.41 Å². The molecule has 0 heterocycles. The highest BCUT2D eigenvalue weighted by Crippen LogP contribution is 2.42. The van der Waals surface area contributed by atoms with Crippen LogP contribution in [0.3, 0.4) is 0 Å². The summed E-state index contributed by atoms with van der Waals surface area (Å²) in [5.41, 5.74) is 2.01. The normalized spacial score (nSPS) is 28.0. The Kier molecular flexibility index (Phi) is 4.67. The lowest BCUT2D eigenvalue weighted by Crippen LogP contribution is -2.39. The average molecular weight is 259 g/mol. The molecule has 0 spiro atoms. The maximum Gasteiger partial charge on any atom is 0.0233 e. The molecule has 1 fully saturated rings. The van der Waals surface area contributed by atoms with E-state index < -0.39 is 0 Å². The van der Waals surface area contributed by atoms with Gasteiger partial charge in [-0.3, -0.25) is 4.90 Å². The second kappa shape index (κ2) is 6.09. The van der Waals surface area contributed by atoms with Gasteiger partial charge in [-0.05, 0) is 49.6 Å². The minimum atomic E-state index is 0.573. The van der Waals surface area contributed by atoms with E-state index in [4.69, 9.17) is 0 Å². The average Bonchev–Trinajstić information content (AvgIpc) is 2.40. The Hall–Kier alpha value is -0.820. The largest absolute Gasteiger partial charge is 0.299 e. The van der Waals surface area contributed by atoms with Crippen molar-refractivity contribution >= 4 is 0 Å². The van der Waals surface area contributed by atoms with Crippen LogP contribution in [0.25, 0.3) is 0 Å². The molecule has 1 saturated carbocycles. The molecule has 19 heavy (non-hydrogen) atoms. The number of benzene rings is 1. The Bertz CT molecular complexity index is 374. The van der Waals surface area contributed by atoms with E-state index in [-0.39, 0.29) is 0 Å². The van der Waals surface area contributed by atoms with Crippen LogP contribution in [0.4, 0.5) is 0 Å². The van der Waals surface area contributed by atoms with E-state index in [1.54, 1.807) is 0 Å². The minimum absolute atomic E-state index is 0.573. The van der Waals surface area contributed by atoms with E-state index in [1.807, 2.05) is 0 Å². The van der Waals surface area contributed by atoms with Crippen LogP contribution in [0.1, 0.15) is 52.0 Å². The number of rotatable bonds is 4. The third kappa shape index (κ3) is 3.60. The smallest absolute Gasteiger partial charge is 0.0233 e. The molecule has 2 rings (SSSR count). The molecule has 0 amide bonds. The van der Waals surface area contributed by atoms with Crippen molar-refractivity contribution in [2.75, 3.05) is 7.05 Å². The van der Waals surface area contributed by atoms with Crippen molar-refractivity contribution in [1.82, 2.24) is 4.90 Å². The summed E-state index contributed by atoms with van der Waals surface area (Å²) in [6, 6.07) is 11.6. The van der Waals surface area contributed by atoms with E-state index in [1.165, 1.54) is 31.2 Å². The molecule has 0 bridgehead atoms. The number of hydrogen-bond donors (Lipinski definition) is 0. The molecule has 1 aromatic carbocycles. The monoisotopic (exact) mass is 259 g/mol. The molecule has 1 aliphatic rings. The highest BCUT2D eigenvalue weighted by Gasteiger charge is 2.34. The van der Waals surface area contributed by atoms with E-state index in [9.17, 15) is 0 Å². The topological polar surface area (TPSA) is 3.24 Å². The summed E-state index contributed by atoms with van der Waals surface area (Å²) in [4.78, 5) is 2.55. The molecule has 0 aromatic heterocycles. The zero-order valence-electron chi connectivity index (χ0n) is 13.0. The van der Waals surface area contributed by atoms with Crippen LogP contribution in [0.15, 0.2) is 30.3 Å². The zero-order chi connectivity index (χ0) is 13.9. The Morgan fingerprint density at radius 1 is 1.16 bits per heavy atom. The van der Waals surface area contributed by atoms with Gasteiger partial charge in [0, 0.05) is 12.6 Å². The van der Waals surface area contributed by atoms with Gasteiger partial charge in [-0.2, -0.15) is 0 Å². The van der Waals surface area contributed by atoms with Crippen molar-refractivity contribution in [3.05, 3.63) is 35.9 Å². The Balaban J connectivity index is 1.88. The molecule has 0 unspecified atom stereocenters. The van der Waals surface area contributed by atoms with Crippen LogP contribution < -0.4 is 0 Å². The van der Waals surface area contributed by atoms with E-state index >= 15 is 0 Å². The molecule has 0 atom stereocenters. The summed E-state index contributed by atoms with van der Waals surface area (Å²) in [5, 5.41) is 0. The molecule has 0 aliphatic heterocycles. The lowest BCUT2D eigenvalue weighted by Gasteiger charge is -2.43. The summed E-state index contributed by atoms with van der Waals surface area (Å²) in [5.74, 6) is 0.813. The summed E-state index contributed by atoms with van der Waals surface area (Å²) in [7, 11) is 2.29. The standard InChI is InChI=1S/C18H29N/c1-15(2)18(3)12-10-17(11-13-18)19(4)14-16-8-6-5-7-9-16/h5-9,15,17H,10-14H2,1-4H3. The lowest BCUT2D eigenvalue weighted by atomic mass is 9.67. The lowest BCUT2D eigenvalue weighted by molar-refractivity contribution is 0.0778. The molecule has 0 saturated heterocycles. The summed E-state index contributed by atoms with van der Waals surface area (Å²) in [6.45, 7) is 8.33. The molecule has 1 heteroatoms. The Morgan fingerprint density at radius 2 is 1.74 bits per heavy atom. The third-order valence-corrected chi connectivity index (χ3v) is 5.39. The van der Waals surface area contributed by atoms with E-state index in [0.717, 1.165) is 18.5 Å². The summed E-state index contributed by atoms with van der Waals surface area (Å²) < 4.78 is 0. The van der Waals surface area contributed by atoms with E-state index in [2.05, 4.69) is 63.1 Å². The maximum atomic E-state index is 2.55. The van der Waals surface area contributed by atoms with Crippen LogP contribution in [0, 0.1) is 11.3 Å². The Morgan fingerprint density at radius 3 is 2.26 bits per heavy atom. The fourth-order valence-corrected chi connectivity index (χ4v) is 3.28. The maximum absolute atomic E-state index is 2.55. The van der Waals surface area contributed by atoms with Crippen LogP contribution in [0.5, 0.6) is 0 Å². The van der Waals surface area contributed by atoms with Crippen LogP contribution >= 0.6 is 0 Å². The third-order valence-electron chi connectivity index (χ3n) is 5.39. The molecule has 0 radical (unpaired) electrons. The van der Waals surface area contributed by atoms with Gasteiger partial charge in [0.25, 0.3) is 0 Å². The number of hydrogen-bond acceptors (Lipinski definition) is 1. The molecule has 1 nitrogen and oxygen atoms in total. The molecule has 106 valence electrons. The first-order valence-corrected chi connectivity index (χ1v) is 7.75. The van der Waals surface area contributed by atoms with Crippen molar-refractivity contribution in [1.29, 1.82) is 0 Å². The van der Waals surface area contributed by atoms with Crippen molar-refractivity contribution in [3.63, 3.8) is 0 Å². The molecule has 1 aromatic rings. The fourth-order valence-electron chi connectivity index (χ4n) is 3.28. The SMILES string of the molecule is CC(C)C1(C)CCC(N(C)Cc2ccccc2)CC1. The van der Waals surface area contributed by atoms with Crippen LogP contribution in [-0.2, 0) is 6.54 Å². The number of nitrogens with zero attached hydrogens (tertiary/aromatic N) is 1. The van der Waals surface area contributed by atoms with Crippen molar-refractivity contribution in [3.8, 4) is 0 Å². The molecule has 1 aliphatic carbocycles. The molecular weight excluding hydrogens is 230 g/mol. The van der Waals surface area contributed by atoms with Crippen molar-refractivity contribution in [2.45, 2.75) is 59.0 Å². The quantitative estimate of drug-likeness (QED) is 0.756. The van der Waals surface area contributed by atoms with Crippen molar-refractivity contribution < 1.29 is 0 Å². The van der Waals surface area contributed by atoms with Crippen molar-refractivity contribution in [2.24, 2.45) is 11.3 Å². The zero-order valence-corrected chi connectivity index (χ0v) is 13.0. The van der Waals surface area contributed by atoms with Gasteiger partial charge in [0.05, 0.1) is 0 Å². The first kappa shape index (κ1) is 14.6. The van der Waals surface area contributed by atoms with Gasteiger partial charge < -0.3 is 0 Å².